The van der Waals surface area contributed by atoms with Gasteiger partial charge in [0.15, 0.2) is 0 Å². The largest absolute Gasteiger partial charge is 0.481 e. The van der Waals surface area contributed by atoms with Gasteiger partial charge in [-0.1, -0.05) is 27.7 Å². The Bertz CT molecular complexity index is 325. The summed E-state index contributed by atoms with van der Waals surface area (Å²) in [5.74, 6) is -0.721. The molecule has 0 aliphatic carbocycles. The van der Waals surface area contributed by atoms with Crippen LogP contribution in [0.4, 0.5) is 0 Å². The van der Waals surface area contributed by atoms with Crippen molar-refractivity contribution < 1.29 is 14.7 Å². The molecule has 0 fully saturated rings. The van der Waals surface area contributed by atoms with Gasteiger partial charge in [0.1, 0.15) is 0 Å². The number of hydrogen-bond donors (Lipinski definition) is 3. The Morgan fingerprint density at radius 3 is 2.19 bits per heavy atom. The second kappa shape index (κ2) is 9.77. The van der Waals surface area contributed by atoms with Gasteiger partial charge in [0, 0.05) is 12.5 Å². The Balaban J connectivity index is 4.04. The zero-order valence-corrected chi connectivity index (χ0v) is 14.2. The third-order valence-electron chi connectivity index (χ3n) is 3.99. The van der Waals surface area contributed by atoms with Crippen molar-refractivity contribution in [2.24, 2.45) is 5.41 Å². The molecule has 0 rings (SSSR count). The summed E-state index contributed by atoms with van der Waals surface area (Å²) in [5.41, 5.74) is -0.0308. The SMILES string of the molecule is CCC(CC)NC(=O)C(C)NCCC(C)(C)CCC(=O)O. The molecule has 0 aromatic rings. The molecule has 0 radical (unpaired) electrons. The molecular formula is C16H32N2O3. The molecule has 1 unspecified atom stereocenters. The van der Waals surface area contributed by atoms with Crippen LogP contribution in [0.5, 0.6) is 0 Å². The van der Waals surface area contributed by atoms with Crippen molar-refractivity contribution in [3.63, 3.8) is 0 Å². The summed E-state index contributed by atoms with van der Waals surface area (Å²) in [4.78, 5) is 22.6. The van der Waals surface area contributed by atoms with Crippen molar-refractivity contribution in [1.29, 1.82) is 0 Å². The van der Waals surface area contributed by atoms with Gasteiger partial charge in [-0.25, -0.2) is 0 Å². The van der Waals surface area contributed by atoms with Gasteiger partial charge in [-0.3, -0.25) is 9.59 Å². The van der Waals surface area contributed by atoms with Crippen LogP contribution in [-0.2, 0) is 9.59 Å². The van der Waals surface area contributed by atoms with E-state index in [1.807, 2.05) is 6.92 Å². The summed E-state index contributed by atoms with van der Waals surface area (Å²) in [6.07, 6.45) is 3.58. The molecule has 0 saturated carbocycles. The molecule has 0 aromatic heterocycles. The first-order valence-electron chi connectivity index (χ1n) is 7.97. The number of amides is 1. The van der Waals surface area contributed by atoms with Gasteiger partial charge >= 0.3 is 5.97 Å². The van der Waals surface area contributed by atoms with Crippen LogP contribution >= 0.6 is 0 Å². The first-order chi connectivity index (χ1) is 9.71. The van der Waals surface area contributed by atoms with E-state index in [2.05, 4.69) is 38.3 Å². The molecule has 0 aliphatic heterocycles. The summed E-state index contributed by atoms with van der Waals surface area (Å²) in [5, 5.41) is 15.0. The second-order valence-corrected chi connectivity index (χ2v) is 6.51. The average Bonchev–Trinajstić information content (AvgIpc) is 2.42. The fraction of sp³-hybridized carbons (Fsp3) is 0.875. The third kappa shape index (κ3) is 9.45. The Morgan fingerprint density at radius 2 is 1.71 bits per heavy atom. The number of carbonyl (C=O) groups is 2. The van der Waals surface area contributed by atoms with E-state index in [1.54, 1.807) is 0 Å². The molecule has 0 aromatic carbocycles. The van der Waals surface area contributed by atoms with Crippen molar-refractivity contribution in [2.75, 3.05) is 6.54 Å². The lowest BCUT2D eigenvalue weighted by Crippen LogP contribution is -2.46. The first kappa shape index (κ1) is 19.9. The van der Waals surface area contributed by atoms with Crippen molar-refractivity contribution in [1.82, 2.24) is 10.6 Å². The third-order valence-corrected chi connectivity index (χ3v) is 3.99. The Hall–Kier alpha value is -1.10. The number of nitrogens with one attached hydrogen (secondary N) is 2. The molecule has 0 heterocycles. The quantitative estimate of drug-likeness (QED) is 0.548. The van der Waals surface area contributed by atoms with E-state index in [-0.39, 0.29) is 29.8 Å². The fourth-order valence-electron chi connectivity index (χ4n) is 2.11. The van der Waals surface area contributed by atoms with Crippen molar-refractivity contribution in [2.45, 2.75) is 78.8 Å². The van der Waals surface area contributed by atoms with Crippen LogP contribution in [0.3, 0.4) is 0 Å². The van der Waals surface area contributed by atoms with E-state index in [0.717, 1.165) is 19.3 Å². The van der Waals surface area contributed by atoms with E-state index in [1.165, 1.54) is 0 Å². The molecule has 21 heavy (non-hydrogen) atoms. The number of carboxylic acids is 1. The smallest absolute Gasteiger partial charge is 0.303 e. The summed E-state index contributed by atoms with van der Waals surface area (Å²) < 4.78 is 0. The minimum atomic E-state index is -0.756. The Morgan fingerprint density at radius 1 is 1.14 bits per heavy atom. The normalized spacial score (nSPS) is 13.2. The molecule has 5 nitrogen and oxygen atoms in total. The number of carboxylic acid groups (broad SMARTS) is 1. The summed E-state index contributed by atoms with van der Waals surface area (Å²) in [6.45, 7) is 10.8. The number of rotatable bonds is 11. The zero-order chi connectivity index (χ0) is 16.5. The van der Waals surface area contributed by atoms with Gasteiger partial charge in [-0.05, 0) is 44.6 Å². The lowest BCUT2D eigenvalue weighted by Gasteiger charge is -2.25. The molecule has 3 N–H and O–H groups in total. The number of hydrogen-bond acceptors (Lipinski definition) is 3. The Labute approximate surface area is 128 Å². The van der Waals surface area contributed by atoms with Gasteiger partial charge in [0.25, 0.3) is 0 Å². The lowest BCUT2D eigenvalue weighted by molar-refractivity contribution is -0.137. The van der Waals surface area contributed by atoms with E-state index in [4.69, 9.17) is 5.11 Å². The predicted molar refractivity (Wildman–Crippen MR) is 85.2 cm³/mol. The van der Waals surface area contributed by atoms with Crippen LogP contribution in [0.1, 0.15) is 66.7 Å². The maximum atomic E-state index is 12.0. The zero-order valence-electron chi connectivity index (χ0n) is 14.2. The van der Waals surface area contributed by atoms with Crippen LogP contribution in [-0.4, -0.2) is 35.6 Å². The maximum Gasteiger partial charge on any atom is 0.303 e. The highest BCUT2D eigenvalue weighted by molar-refractivity contribution is 5.81. The molecule has 1 amide bonds. The molecule has 1 atom stereocenters. The maximum absolute atomic E-state index is 12.0. The average molecular weight is 300 g/mol. The molecule has 0 saturated heterocycles. The molecule has 0 aliphatic rings. The van der Waals surface area contributed by atoms with Crippen molar-refractivity contribution in [3.05, 3.63) is 0 Å². The van der Waals surface area contributed by atoms with Crippen LogP contribution < -0.4 is 10.6 Å². The Kier molecular flexibility index (Phi) is 9.26. The second-order valence-electron chi connectivity index (χ2n) is 6.51. The summed E-state index contributed by atoms with van der Waals surface area (Å²) in [6, 6.07) is 0.0228. The fourth-order valence-corrected chi connectivity index (χ4v) is 2.11. The van der Waals surface area contributed by atoms with Crippen molar-refractivity contribution >= 4 is 11.9 Å². The van der Waals surface area contributed by atoms with Crippen molar-refractivity contribution in [3.8, 4) is 0 Å². The van der Waals surface area contributed by atoms with Gasteiger partial charge < -0.3 is 15.7 Å². The summed E-state index contributed by atoms with van der Waals surface area (Å²) >= 11 is 0. The van der Waals surface area contributed by atoms with Crippen LogP contribution in [0.2, 0.25) is 0 Å². The molecular weight excluding hydrogens is 268 g/mol. The number of carbonyl (C=O) groups excluding carboxylic acids is 1. The number of aliphatic carboxylic acids is 1. The topological polar surface area (TPSA) is 78.4 Å². The standard InChI is InChI=1S/C16H32N2O3/c1-6-13(7-2)18-15(21)12(3)17-11-10-16(4,5)9-8-14(19)20/h12-13,17H,6-11H2,1-5H3,(H,18,21)(H,19,20). The monoisotopic (exact) mass is 300 g/mol. The highest BCUT2D eigenvalue weighted by Crippen LogP contribution is 2.26. The molecule has 0 bridgehead atoms. The molecule has 5 heteroatoms. The highest BCUT2D eigenvalue weighted by atomic mass is 16.4. The van der Waals surface area contributed by atoms with Gasteiger partial charge in [-0.2, -0.15) is 0 Å². The van der Waals surface area contributed by atoms with Gasteiger partial charge in [0.05, 0.1) is 6.04 Å². The highest BCUT2D eigenvalue weighted by Gasteiger charge is 2.20. The van der Waals surface area contributed by atoms with E-state index >= 15 is 0 Å². The van der Waals surface area contributed by atoms with Gasteiger partial charge in [0.2, 0.25) is 5.91 Å². The van der Waals surface area contributed by atoms with Crippen LogP contribution in [0.25, 0.3) is 0 Å². The minimum Gasteiger partial charge on any atom is -0.481 e. The predicted octanol–water partition coefficient (Wildman–Crippen LogP) is 2.55. The lowest BCUT2D eigenvalue weighted by atomic mass is 9.84. The van der Waals surface area contributed by atoms with Crippen LogP contribution in [0, 0.1) is 5.41 Å². The van der Waals surface area contributed by atoms with Crippen LogP contribution in [0.15, 0.2) is 0 Å². The summed E-state index contributed by atoms with van der Waals surface area (Å²) in [7, 11) is 0. The molecule has 0 spiro atoms. The van der Waals surface area contributed by atoms with E-state index in [0.29, 0.717) is 13.0 Å². The molecule has 124 valence electrons. The van der Waals surface area contributed by atoms with Gasteiger partial charge in [-0.15, -0.1) is 0 Å². The van der Waals surface area contributed by atoms with E-state index in [9.17, 15) is 9.59 Å². The first-order valence-corrected chi connectivity index (χ1v) is 7.97. The minimum absolute atomic E-state index is 0.0308. The van der Waals surface area contributed by atoms with E-state index < -0.39 is 5.97 Å².